The van der Waals surface area contributed by atoms with Crippen molar-refractivity contribution in [3.63, 3.8) is 0 Å². The molecular formula is C16H23N3O3. The molecule has 2 saturated heterocycles. The predicted octanol–water partition coefficient (Wildman–Crippen LogP) is 1.97. The van der Waals surface area contributed by atoms with Gasteiger partial charge in [0, 0.05) is 38.7 Å². The third kappa shape index (κ3) is 3.96. The first-order valence-corrected chi connectivity index (χ1v) is 7.96. The number of ether oxygens (including phenoxy) is 1. The molecule has 2 fully saturated rings. The van der Waals surface area contributed by atoms with E-state index in [1.807, 2.05) is 17.0 Å². The lowest BCUT2D eigenvalue weighted by molar-refractivity contribution is 0.0352. The molecule has 2 aliphatic heterocycles. The van der Waals surface area contributed by atoms with E-state index in [4.69, 9.17) is 9.57 Å². The minimum Gasteiger partial charge on any atom is -0.381 e. The van der Waals surface area contributed by atoms with Crippen LogP contribution in [-0.4, -0.2) is 42.2 Å². The molecule has 0 radical (unpaired) electrons. The van der Waals surface area contributed by atoms with Crippen molar-refractivity contribution in [3.05, 3.63) is 30.1 Å². The number of likely N-dealkylation sites (tertiary alicyclic amines) is 1. The molecule has 3 heterocycles. The van der Waals surface area contributed by atoms with Gasteiger partial charge < -0.3 is 9.64 Å². The van der Waals surface area contributed by atoms with Crippen LogP contribution in [0.2, 0.25) is 0 Å². The maximum Gasteiger partial charge on any atom is 0.341 e. The Kier molecular flexibility index (Phi) is 5.24. The first kappa shape index (κ1) is 15.2. The van der Waals surface area contributed by atoms with Crippen molar-refractivity contribution in [2.24, 2.45) is 11.8 Å². The number of hydrogen-bond donors (Lipinski definition) is 1. The van der Waals surface area contributed by atoms with Crippen LogP contribution in [0.5, 0.6) is 0 Å². The smallest absolute Gasteiger partial charge is 0.341 e. The maximum atomic E-state index is 12.1. The summed E-state index contributed by atoms with van der Waals surface area (Å²) in [7, 11) is 0. The van der Waals surface area contributed by atoms with Gasteiger partial charge >= 0.3 is 6.03 Å². The highest BCUT2D eigenvalue weighted by molar-refractivity contribution is 5.73. The summed E-state index contributed by atoms with van der Waals surface area (Å²) in [6.45, 7) is 3.69. The van der Waals surface area contributed by atoms with E-state index >= 15 is 0 Å². The number of rotatable bonds is 4. The van der Waals surface area contributed by atoms with Crippen molar-refractivity contribution in [1.29, 1.82) is 0 Å². The van der Waals surface area contributed by atoms with E-state index in [0.717, 1.165) is 51.1 Å². The van der Waals surface area contributed by atoms with Gasteiger partial charge in [-0.15, -0.1) is 0 Å². The molecule has 0 aliphatic carbocycles. The number of hydrogen-bond acceptors (Lipinski definition) is 4. The van der Waals surface area contributed by atoms with Crippen LogP contribution in [0, 0.1) is 11.8 Å². The molecule has 0 saturated carbocycles. The molecule has 120 valence electrons. The number of nitrogens with one attached hydrogen (secondary N) is 1. The number of carbonyl (C=O) groups excluding carboxylic acids is 1. The lowest BCUT2D eigenvalue weighted by atomic mass is 9.85. The van der Waals surface area contributed by atoms with Crippen LogP contribution in [0.1, 0.15) is 24.8 Å². The van der Waals surface area contributed by atoms with E-state index in [0.29, 0.717) is 18.4 Å². The first-order valence-electron chi connectivity index (χ1n) is 7.96. The summed E-state index contributed by atoms with van der Waals surface area (Å²) >= 11 is 0. The summed E-state index contributed by atoms with van der Waals surface area (Å²) in [5.41, 5.74) is 3.47. The van der Waals surface area contributed by atoms with Crippen LogP contribution in [-0.2, 0) is 16.2 Å². The zero-order valence-electron chi connectivity index (χ0n) is 12.7. The van der Waals surface area contributed by atoms with Crippen molar-refractivity contribution < 1.29 is 14.4 Å². The predicted molar refractivity (Wildman–Crippen MR) is 80.8 cm³/mol. The molecule has 0 bridgehead atoms. The van der Waals surface area contributed by atoms with Crippen molar-refractivity contribution in [2.75, 3.05) is 26.3 Å². The number of amides is 2. The van der Waals surface area contributed by atoms with E-state index in [2.05, 4.69) is 10.5 Å². The minimum atomic E-state index is -0.140. The van der Waals surface area contributed by atoms with Gasteiger partial charge in [0.1, 0.15) is 6.61 Å². The van der Waals surface area contributed by atoms with Gasteiger partial charge in [0.2, 0.25) is 0 Å². The quantitative estimate of drug-likeness (QED) is 0.864. The zero-order chi connectivity index (χ0) is 15.2. The fraction of sp³-hybridized carbons (Fsp3) is 0.625. The Morgan fingerprint density at radius 1 is 1.36 bits per heavy atom. The third-order valence-corrected chi connectivity index (χ3v) is 4.57. The minimum absolute atomic E-state index is 0.140. The molecule has 1 N–H and O–H groups in total. The summed E-state index contributed by atoms with van der Waals surface area (Å²) in [5, 5.41) is 0. The average Bonchev–Trinajstić information content (AvgIpc) is 3.07. The summed E-state index contributed by atoms with van der Waals surface area (Å²) in [5.74, 6) is 1.30. The zero-order valence-corrected chi connectivity index (χ0v) is 12.7. The van der Waals surface area contributed by atoms with Crippen molar-refractivity contribution in [1.82, 2.24) is 15.4 Å². The van der Waals surface area contributed by atoms with Gasteiger partial charge in [0.15, 0.2) is 0 Å². The van der Waals surface area contributed by atoms with Crippen molar-refractivity contribution in [2.45, 2.75) is 25.9 Å². The van der Waals surface area contributed by atoms with Crippen molar-refractivity contribution in [3.8, 4) is 0 Å². The standard InChI is InChI=1S/C16H23N3O3/c20-16(18-22-12-13-2-1-6-17-10-13)19-7-3-15(11-19)14-4-8-21-9-5-14/h1-2,6,10,14-15H,3-5,7-9,11-12H2,(H,18,20). The Balaban J connectivity index is 1.39. The molecular weight excluding hydrogens is 282 g/mol. The Morgan fingerprint density at radius 2 is 2.23 bits per heavy atom. The molecule has 1 aromatic heterocycles. The molecule has 0 spiro atoms. The molecule has 2 amide bonds. The first-order chi connectivity index (χ1) is 10.8. The van der Waals surface area contributed by atoms with Gasteiger partial charge in [-0.25, -0.2) is 10.3 Å². The summed E-state index contributed by atoms with van der Waals surface area (Å²) in [6.07, 6.45) is 6.77. The Bertz CT molecular complexity index is 477. The molecule has 6 heteroatoms. The fourth-order valence-electron chi connectivity index (χ4n) is 3.27. The van der Waals surface area contributed by atoms with Gasteiger partial charge in [-0.3, -0.25) is 9.82 Å². The lowest BCUT2D eigenvalue weighted by Crippen LogP contribution is -2.39. The molecule has 22 heavy (non-hydrogen) atoms. The second kappa shape index (κ2) is 7.56. The number of carbonyl (C=O) groups is 1. The van der Waals surface area contributed by atoms with E-state index in [9.17, 15) is 4.79 Å². The number of pyridine rings is 1. The second-order valence-corrected chi connectivity index (χ2v) is 6.00. The largest absolute Gasteiger partial charge is 0.381 e. The maximum absolute atomic E-state index is 12.1. The SMILES string of the molecule is O=C(NOCc1cccnc1)N1CCC(C2CCOCC2)C1. The number of aromatic nitrogens is 1. The van der Waals surface area contributed by atoms with Crippen LogP contribution >= 0.6 is 0 Å². The van der Waals surface area contributed by atoms with E-state index in [1.165, 1.54) is 0 Å². The third-order valence-electron chi connectivity index (χ3n) is 4.57. The Hall–Kier alpha value is -1.66. The Morgan fingerprint density at radius 3 is 3.00 bits per heavy atom. The topological polar surface area (TPSA) is 63.7 Å². The van der Waals surface area contributed by atoms with Crippen molar-refractivity contribution >= 4 is 6.03 Å². The van der Waals surface area contributed by atoms with Crippen LogP contribution < -0.4 is 5.48 Å². The molecule has 2 aliphatic rings. The summed E-state index contributed by atoms with van der Waals surface area (Å²) in [4.78, 5) is 23.2. The van der Waals surface area contributed by atoms with Crippen LogP contribution in [0.3, 0.4) is 0 Å². The molecule has 0 aromatic carbocycles. The number of hydroxylamine groups is 1. The van der Waals surface area contributed by atoms with Gasteiger partial charge in [0.25, 0.3) is 0 Å². The van der Waals surface area contributed by atoms with Crippen LogP contribution in [0.15, 0.2) is 24.5 Å². The lowest BCUT2D eigenvalue weighted by Gasteiger charge is -2.27. The summed E-state index contributed by atoms with van der Waals surface area (Å²) < 4.78 is 5.41. The van der Waals surface area contributed by atoms with Gasteiger partial charge in [0.05, 0.1) is 0 Å². The average molecular weight is 305 g/mol. The fourth-order valence-corrected chi connectivity index (χ4v) is 3.27. The van der Waals surface area contributed by atoms with Gasteiger partial charge in [-0.2, -0.15) is 0 Å². The van der Waals surface area contributed by atoms with Gasteiger partial charge in [-0.05, 0) is 42.7 Å². The van der Waals surface area contributed by atoms with Gasteiger partial charge in [-0.1, -0.05) is 6.07 Å². The second-order valence-electron chi connectivity index (χ2n) is 6.00. The molecule has 1 unspecified atom stereocenters. The highest BCUT2D eigenvalue weighted by Gasteiger charge is 2.32. The number of urea groups is 1. The molecule has 1 atom stereocenters. The summed E-state index contributed by atoms with van der Waals surface area (Å²) in [6, 6.07) is 3.62. The monoisotopic (exact) mass is 305 g/mol. The highest BCUT2D eigenvalue weighted by atomic mass is 16.7. The Labute approximate surface area is 130 Å². The number of nitrogens with zero attached hydrogens (tertiary/aromatic N) is 2. The van der Waals surface area contributed by atoms with Crippen LogP contribution in [0.25, 0.3) is 0 Å². The normalized spacial score (nSPS) is 22.7. The van der Waals surface area contributed by atoms with E-state index in [-0.39, 0.29) is 6.03 Å². The molecule has 3 rings (SSSR count). The molecule has 1 aromatic rings. The van der Waals surface area contributed by atoms with Crippen LogP contribution in [0.4, 0.5) is 4.79 Å². The van der Waals surface area contributed by atoms with E-state index < -0.39 is 0 Å². The van der Waals surface area contributed by atoms with E-state index in [1.54, 1.807) is 12.4 Å². The molecule has 6 nitrogen and oxygen atoms in total. The highest BCUT2D eigenvalue weighted by Crippen LogP contribution is 2.31.